The molecule has 0 radical (unpaired) electrons. The summed E-state index contributed by atoms with van der Waals surface area (Å²) >= 11 is 0. The molecule has 0 aliphatic heterocycles. The molecule has 3 atom stereocenters. The first-order valence-electron chi connectivity index (χ1n) is 10.5. The van der Waals surface area contributed by atoms with Crippen LogP contribution in [-0.2, 0) is 14.4 Å². The molecule has 3 N–H and O–H groups in total. The third kappa shape index (κ3) is 14.1. The normalized spacial score (nSPS) is 15.1. The van der Waals surface area contributed by atoms with Crippen LogP contribution in [0.3, 0.4) is 0 Å². The number of aliphatic hydroxyl groups is 1. The molecule has 0 spiro atoms. The molecule has 30 heavy (non-hydrogen) atoms. The molecule has 1 amide bonds. The molecule has 0 bridgehead atoms. The molecule has 0 saturated heterocycles. The topological polar surface area (TPSA) is 127 Å². The largest absolute Gasteiger partial charge is 1.00 e. The van der Waals surface area contributed by atoms with Crippen LogP contribution in [0, 0.1) is 11.8 Å². The van der Waals surface area contributed by atoms with E-state index in [1.165, 1.54) is 0 Å². The first-order valence-corrected chi connectivity index (χ1v) is 10.5. The molecular formula is C21H38N2NaO6+. The quantitative estimate of drug-likeness (QED) is 0.132. The molecule has 0 aromatic heterocycles. The summed E-state index contributed by atoms with van der Waals surface area (Å²) in [6, 6.07) is 0. The van der Waals surface area contributed by atoms with E-state index in [-0.39, 0.29) is 42.1 Å². The Bertz CT molecular complexity index is 518. The number of nitrogens with zero attached hydrogens (tertiary/aromatic N) is 1. The van der Waals surface area contributed by atoms with Gasteiger partial charge in [-0.15, -0.1) is 0 Å². The summed E-state index contributed by atoms with van der Waals surface area (Å²) in [5.41, 5.74) is 0. The van der Waals surface area contributed by atoms with Crippen LogP contribution in [0.15, 0.2) is 12.2 Å². The first-order chi connectivity index (χ1) is 13.7. The summed E-state index contributed by atoms with van der Waals surface area (Å²) < 4.78 is 0.359. The maximum absolute atomic E-state index is 12.0. The van der Waals surface area contributed by atoms with Crippen molar-refractivity contribution in [3.05, 3.63) is 12.2 Å². The average molecular weight is 438 g/mol. The van der Waals surface area contributed by atoms with Gasteiger partial charge in [0.1, 0.15) is 6.54 Å². The van der Waals surface area contributed by atoms with Crippen LogP contribution in [0.2, 0.25) is 0 Å². The minimum atomic E-state index is -1.13. The van der Waals surface area contributed by atoms with Crippen molar-refractivity contribution in [3.8, 4) is 0 Å². The fourth-order valence-electron chi connectivity index (χ4n) is 3.04. The monoisotopic (exact) mass is 437 g/mol. The van der Waals surface area contributed by atoms with Gasteiger partial charge in [0.25, 0.3) is 0 Å². The van der Waals surface area contributed by atoms with Crippen LogP contribution in [-0.4, -0.2) is 71.9 Å². The number of hydrogen-bond acceptors (Lipinski definition) is 5. The van der Waals surface area contributed by atoms with Crippen molar-refractivity contribution in [2.75, 3.05) is 39.3 Å². The van der Waals surface area contributed by atoms with Crippen molar-refractivity contribution in [3.63, 3.8) is 0 Å². The molecule has 0 aromatic carbocycles. The Morgan fingerprint density at radius 3 is 2.13 bits per heavy atom. The van der Waals surface area contributed by atoms with E-state index in [1.807, 2.05) is 12.2 Å². The molecule has 0 rings (SSSR count). The SMILES string of the molecule is CCC/C=C/CC(=O)NCC[N+](CCO)(CCC(C)C(=O)[O-])CCC(C)C(=O)O.[Na+]. The fourth-order valence-corrected chi connectivity index (χ4v) is 3.04. The second kappa shape index (κ2) is 17.7. The maximum atomic E-state index is 12.0. The van der Waals surface area contributed by atoms with Crippen molar-refractivity contribution < 1.29 is 63.7 Å². The molecule has 168 valence electrons. The second-order valence-corrected chi connectivity index (χ2v) is 7.81. The number of allylic oxidation sites excluding steroid dienone is 1. The van der Waals surface area contributed by atoms with Crippen LogP contribution in [0.5, 0.6) is 0 Å². The van der Waals surface area contributed by atoms with Gasteiger partial charge in [-0.3, -0.25) is 9.59 Å². The van der Waals surface area contributed by atoms with Gasteiger partial charge in [-0.2, -0.15) is 0 Å². The fraction of sp³-hybridized carbons (Fsp3) is 0.762. The van der Waals surface area contributed by atoms with Gasteiger partial charge in [-0.1, -0.05) is 39.3 Å². The standard InChI is InChI=1S/C21H38N2O6.Na/c1-4-5-6-7-8-19(25)22-11-14-23(15-16-24,12-9-17(2)20(26)27)13-10-18(3)21(28)29;/h6-7,17-18,24H,4-5,8-16H2,1-3H3,(H2-,22,25,26,27,28,29);/q;+1/b7-6+;. The first kappa shape index (κ1) is 31.3. The molecule has 0 aromatic rings. The number of aliphatic hydroxyl groups excluding tert-OH is 1. The van der Waals surface area contributed by atoms with Crippen LogP contribution in [0.4, 0.5) is 0 Å². The number of carboxylic acid groups (broad SMARTS) is 2. The van der Waals surface area contributed by atoms with E-state index in [2.05, 4.69) is 12.2 Å². The molecule has 0 aliphatic rings. The Morgan fingerprint density at radius 2 is 1.63 bits per heavy atom. The Hall–Kier alpha value is -0.930. The third-order valence-corrected chi connectivity index (χ3v) is 5.30. The van der Waals surface area contributed by atoms with E-state index in [1.54, 1.807) is 13.8 Å². The third-order valence-electron chi connectivity index (χ3n) is 5.30. The number of carbonyl (C=O) groups is 3. The van der Waals surface area contributed by atoms with Crippen LogP contribution in [0.1, 0.15) is 52.9 Å². The zero-order valence-electron chi connectivity index (χ0n) is 19.1. The summed E-state index contributed by atoms with van der Waals surface area (Å²) in [5.74, 6) is -3.29. The van der Waals surface area contributed by atoms with Crippen LogP contribution >= 0.6 is 0 Å². The van der Waals surface area contributed by atoms with Crippen LogP contribution < -0.4 is 40.0 Å². The molecule has 3 unspecified atom stereocenters. The summed E-state index contributed by atoms with van der Waals surface area (Å²) in [6.45, 7) is 7.37. The van der Waals surface area contributed by atoms with Gasteiger partial charge in [-0.25, -0.2) is 0 Å². The second-order valence-electron chi connectivity index (χ2n) is 7.81. The molecule has 0 saturated carbocycles. The number of carboxylic acids is 2. The summed E-state index contributed by atoms with van der Waals surface area (Å²) in [4.78, 5) is 34.2. The number of carbonyl (C=O) groups excluding carboxylic acids is 2. The summed E-state index contributed by atoms with van der Waals surface area (Å²) in [5, 5.41) is 32.7. The number of amides is 1. The molecule has 8 nitrogen and oxygen atoms in total. The predicted octanol–water partition coefficient (Wildman–Crippen LogP) is -2.45. The van der Waals surface area contributed by atoms with Gasteiger partial charge in [0.2, 0.25) is 5.91 Å². The molecule has 9 heteroatoms. The Labute approximate surface area is 202 Å². The van der Waals surface area contributed by atoms with Crippen LogP contribution in [0.25, 0.3) is 0 Å². The van der Waals surface area contributed by atoms with Gasteiger partial charge < -0.3 is 29.9 Å². The zero-order valence-corrected chi connectivity index (χ0v) is 21.1. The smallest absolute Gasteiger partial charge is 0.550 e. The number of hydrogen-bond donors (Lipinski definition) is 3. The number of aliphatic carboxylic acids is 2. The average Bonchev–Trinajstić information content (AvgIpc) is 2.67. The van der Waals surface area contributed by atoms with E-state index in [0.717, 1.165) is 12.8 Å². The maximum Gasteiger partial charge on any atom is 1.00 e. The zero-order chi connectivity index (χ0) is 22.3. The van der Waals surface area contributed by atoms with Gasteiger partial charge in [0.05, 0.1) is 38.7 Å². The van der Waals surface area contributed by atoms with E-state index in [9.17, 15) is 24.6 Å². The number of quaternary nitrogens is 1. The Balaban J connectivity index is 0. The van der Waals surface area contributed by atoms with Crippen molar-refractivity contribution in [1.29, 1.82) is 0 Å². The minimum absolute atomic E-state index is 0. The molecular weight excluding hydrogens is 399 g/mol. The van der Waals surface area contributed by atoms with Crippen molar-refractivity contribution in [1.82, 2.24) is 5.32 Å². The van der Waals surface area contributed by atoms with Crippen molar-refractivity contribution >= 4 is 17.8 Å². The Morgan fingerprint density at radius 1 is 1.03 bits per heavy atom. The summed E-state index contributed by atoms with van der Waals surface area (Å²) in [7, 11) is 0. The molecule has 0 heterocycles. The Kier molecular flexibility index (Phi) is 18.5. The van der Waals surface area contributed by atoms with E-state index >= 15 is 0 Å². The number of unbranched alkanes of at least 4 members (excludes halogenated alkanes) is 1. The van der Waals surface area contributed by atoms with E-state index in [4.69, 9.17) is 5.11 Å². The van der Waals surface area contributed by atoms with Crippen molar-refractivity contribution in [2.24, 2.45) is 11.8 Å². The van der Waals surface area contributed by atoms with Gasteiger partial charge in [0, 0.05) is 31.1 Å². The summed E-state index contributed by atoms with van der Waals surface area (Å²) in [6.07, 6.45) is 6.84. The number of rotatable bonds is 17. The van der Waals surface area contributed by atoms with Gasteiger partial charge in [-0.05, 0) is 6.42 Å². The predicted molar refractivity (Wildman–Crippen MR) is 109 cm³/mol. The minimum Gasteiger partial charge on any atom is -0.550 e. The van der Waals surface area contributed by atoms with E-state index in [0.29, 0.717) is 56.5 Å². The van der Waals surface area contributed by atoms with E-state index < -0.39 is 23.8 Å². The van der Waals surface area contributed by atoms with Gasteiger partial charge in [0.15, 0.2) is 0 Å². The van der Waals surface area contributed by atoms with Gasteiger partial charge >= 0.3 is 35.5 Å². The molecule has 0 aliphatic carbocycles. The molecule has 0 fully saturated rings. The number of nitrogens with one attached hydrogen (secondary N) is 1. The van der Waals surface area contributed by atoms with Crippen molar-refractivity contribution in [2.45, 2.75) is 52.9 Å².